The van der Waals surface area contributed by atoms with Crippen molar-refractivity contribution in [2.75, 3.05) is 13.1 Å². The summed E-state index contributed by atoms with van der Waals surface area (Å²) in [5, 5.41) is 11.7. The number of nitrogens with zero attached hydrogens (tertiary/aromatic N) is 2. The molecule has 2 heterocycles. The van der Waals surface area contributed by atoms with E-state index >= 15 is 0 Å². The van der Waals surface area contributed by atoms with Gasteiger partial charge in [-0.05, 0) is 44.4 Å². The number of carbonyl (C=O) groups excluding carboxylic acids is 1. The highest BCUT2D eigenvalue weighted by atomic mass is 32.1. The first-order chi connectivity index (χ1) is 7.20. The molecule has 1 amide bonds. The summed E-state index contributed by atoms with van der Waals surface area (Å²) in [6.45, 7) is 3.98. The second-order valence-electron chi connectivity index (χ2n) is 4.05. The lowest BCUT2D eigenvalue weighted by Gasteiger charge is -2.34. The Bertz CT molecular complexity index is 332. The minimum atomic E-state index is -0.117. The second-order valence-corrected chi connectivity index (χ2v) is 4.66. The Labute approximate surface area is 92.4 Å². The van der Waals surface area contributed by atoms with Crippen LogP contribution in [0.5, 0.6) is 0 Å². The molecule has 15 heavy (non-hydrogen) atoms. The number of hydrogen-bond acceptors (Lipinski definition) is 5. The lowest BCUT2D eigenvalue weighted by molar-refractivity contribution is 0.0882. The Hall–Kier alpha value is -1.01. The summed E-state index contributed by atoms with van der Waals surface area (Å²) in [6, 6.07) is 0. The molecule has 0 aliphatic carbocycles. The third-order valence-corrected chi connectivity index (χ3v) is 3.22. The van der Waals surface area contributed by atoms with E-state index in [9.17, 15) is 4.79 Å². The van der Waals surface area contributed by atoms with Crippen LogP contribution in [-0.2, 0) is 0 Å². The van der Waals surface area contributed by atoms with Gasteiger partial charge >= 0.3 is 0 Å². The Kier molecular flexibility index (Phi) is 2.97. The fourth-order valence-electron chi connectivity index (χ4n) is 1.71. The molecular formula is C9H14N4OS. The van der Waals surface area contributed by atoms with Crippen molar-refractivity contribution in [3.05, 3.63) is 11.1 Å². The molecule has 0 bridgehead atoms. The molecule has 82 valence electrons. The average molecular weight is 226 g/mol. The fourth-order valence-corrected chi connectivity index (χ4v) is 2.14. The standard InChI is InChI=1S/C9H14N4OS/c1-9(2-4-10-5-3-9)11-8(14)7-6-15-13-12-7/h6,10H,2-5H2,1H3,(H,11,14). The quantitative estimate of drug-likeness (QED) is 0.766. The Balaban J connectivity index is 1.98. The Morgan fingerprint density at radius 3 is 2.93 bits per heavy atom. The summed E-state index contributed by atoms with van der Waals surface area (Å²) >= 11 is 1.19. The third kappa shape index (κ3) is 2.51. The van der Waals surface area contributed by atoms with Crippen LogP contribution in [-0.4, -0.2) is 34.1 Å². The summed E-state index contributed by atoms with van der Waals surface area (Å²) < 4.78 is 3.68. The van der Waals surface area contributed by atoms with E-state index < -0.39 is 0 Å². The summed E-state index contributed by atoms with van der Waals surface area (Å²) in [4.78, 5) is 11.8. The van der Waals surface area contributed by atoms with Crippen molar-refractivity contribution in [2.24, 2.45) is 0 Å². The van der Waals surface area contributed by atoms with E-state index in [1.54, 1.807) is 5.38 Å². The van der Waals surface area contributed by atoms with Crippen molar-refractivity contribution in [3.8, 4) is 0 Å². The number of carbonyl (C=O) groups is 1. The molecule has 0 saturated carbocycles. The molecule has 1 fully saturated rings. The van der Waals surface area contributed by atoms with Crippen molar-refractivity contribution in [3.63, 3.8) is 0 Å². The third-order valence-electron chi connectivity index (χ3n) is 2.72. The van der Waals surface area contributed by atoms with Gasteiger partial charge in [-0.3, -0.25) is 4.79 Å². The van der Waals surface area contributed by atoms with Crippen LogP contribution in [0.3, 0.4) is 0 Å². The molecule has 0 aromatic carbocycles. The first kappa shape index (κ1) is 10.5. The SMILES string of the molecule is CC1(NC(=O)c2csnn2)CCNCC1. The van der Waals surface area contributed by atoms with E-state index in [1.165, 1.54) is 11.5 Å². The lowest BCUT2D eigenvalue weighted by Crippen LogP contribution is -2.52. The molecule has 1 aliphatic rings. The molecule has 2 rings (SSSR count). The van der Waals surface area contributed by atoms with Crippen LogP contribution in [0.25, 0.3) is 0 Å². The Morgan fingerprint density at radius 2 is 2.33 bits per heavy atom. The number of hydrogen-bond donors (Lipinski definition) is 2. The molecular weight excluding hydrogens is 212 g/mol. The van der Waals surface area contributed by atoms with Crippen LogP contribution in [0.15, 0.2) is 5.38 Å². The molecule has 0 spiro atoms. The van der Waals surface area contributed by atoms with Crippen LogP contribution >= 0.6 is 11.5 Å². The van der Waals surface area contributed by atoms with Gasteiger partial charge in [-0.15, -0.1) is 5.10 Å². The molecule has 5 nitrogen and oxygen atoms in total. The van der Waals surface area contributed by atoms with E-state index in [0.29, 0.717) is 5.69 Å². The predicted octanol–water partition coefficient (Wildman–Crippen LogP) is 0.410. The molecule has 0 radical (unpaired) electrons. The van der Waals surface area contributed by atoms with Crippen molar-refractivity contribution < 1.29 is 4.79 Å². The smallest absolute Gasteiger partial charge is 0.273 e. The molecule has 2 N–H and O–H groups in total. The highest BCUT2D eigenvalue weighted by Crippen LogP contribution is 2.17. The molecule has 1 aromatic heterocycles. The minimum Gasteiger partial charge on any atom is -0.345 e. The van der Waals surface area contributed by atoms with Crippen molar-refractivity contribution in [2.45, 2.75) is 25.3 Å². The van der Waals surface area contributed by atoms with Crippen molar-refractivity contribution in [1.29, 1.82) is 0 Å². The summed E-state index contributed by atoms with van der Waals surface area (Å²) in [5.74, 6) is -0.117. The zero-order chi connectivity index (χ0) is 10.7. The van der Waals surface area contributed by atoms with Gasteiger partial charge in [0.05, 0.1) is 0 Å². The maximum absolute atomic E-state index is 11.8. The van der Waals surface area contributed by atoms with Crippen LogP contribution in [0.2, 0.25) is 0 Å². The number of piperidine rings is 1. The zero-order valence-corrected chi connectivity index (χ0v) is 9.43. The van der Waals surface area contributed by atoms with E-state index in [-0.39, 0.29) is 11.4 Å². The fraction of sp³-hybridized carbons (Fsp3) is 0.667. The number of rotatable bonds is 2. The van der Waals surface area contributed by atoms with E-state index in [4.69, 9.17) is 0 Å². The number of aromatic nitrogens is 2. The molecule has 1 aromatic rings. The van der Waals surface area contributed by atoms with Crippen LogP contribution < -0.4 is 10.6 Å². The van der Waals surface area contributed by atoms with Crippen LogP contribution in [0.4, 0.5) is 0 Å². The largest absolute Gasteiger partial charge is 0.345 e. The summed E-state index contributed by atoms with van der Waals surface area (Å²) in [7, 11) is 0. The molecule has 1 aliphatic heterocycles. The minimum absolute atomic E-state index is 0.105. The summed E-state index contributed by atoms with van der Waals surface area (Å²) in [5.41, 5.74) is 0.311. The monoisotopic (exact) mass is 226 g/mol. The molecule has 0 unspecified atom stereocenters. The molecule has 6 heteroatoms. The van der Waals surface area contributed by atoms with Gasteiger partial charge in [-0.2, -0.15) is 0 Å². The highest BCUT2D eigenvalue weighted by molar-refractivity contribution is 7.03. The maximum atomic E-state index is 11.8. The van der Waals surface area contributed by atoms with Gasteiger partial charge < -0.3 is 10.6 Å². The molecule has 0 atom stereocenters. The van der Waals surface area contributed by atoms with Gasteiger partial charge in [0, 0.05) is 10.9 Å². The van der Waals surface area contributed by atoms with Crippen molar-refractivity contribution >= 4 is 17.4 Å². The van der Waals surface area contributed by atoms with Crippen LogP contribution in [0, 0.1) is 0 Å². The normalized spacial score (nSPS) is 19.8. The maximum Gasteiger partial charge on any atom is 0.273 e. The first-order valence-corrected chi connectivity index (χ1v) is 5.84. The van der Waals surface area contributed by atoms with Gasteiger partial charge in [0.25, 0.3) is 5.91 Å². The van der Waals surface area contributed by atoms with E-state index in [1.807, 2.05) is 0 Å². The lowest BCUT2D eigenvalue weighted by atomic mass is 9.90. The Morgan fingerprint density at radius 1 is 1.60 bits per heavy atom. The highest BCUT2D eigenvalue weighted by Gasteiger charge is 2.29. The van der Waals surface area contributed by atoms with E-state index in [0.717, 1.165) is 25.9 Å². The first-order valence-electron chi connectivity index (χ1n) is 5.00. The van der Waals surface area contributed by atoms with Gasteiger partial charge in [-0.25, -0.2) is 0 Å². The topological polar surface area (TPSA) is 66.9 Å². The van der Waals surface area contributed by atoms with Gasteiger partial charge in [-0.1, -0.05) is 4.49 Å². The zero-order valence-electron chi connectivity index (χ0n) is 8.62. The average Bonchev–Trinajstić information content (AvgIpc) is 2.70. The van der Waals surface area contributed by atoms with E-state index in [2.05, 4.69) is 27.1 Å². The van der Waals surface area contributed by atoms with Gasteiger partial charge in [0.15, 0.2) is 5.69 Å². The van der Waals surface area contributed by atoms with Crippen LogP contribution in [0.1, 0.15) is 30.3 Å². The second kappa shape index (κ2) is 4.24. The number of amides is 1. The summed E-state index contributed by atoms with van der Waals surface area (Å²) in [6.07, 6.45) is 1.91. The molecule has 1 saturated heterocycles. The van der Waals surface area contributed by atoms with Crippen molar-refractivity contribution in [1.82, 2.24) is 20.2 Å². The van der Waals surface area contributed by atoms with Gasteiger partial charge in [0.2, 0.25) is 0 Å². The number of nitrogens with one attached hydrogen (secondary N) is 2. The van der Waals surface area contributed by atoms with Gasteiger partial charge in [0.1, 0.15) is 0 Å². The predicted molar refractivity (Wildman–Crippen MR) is 57.9 cm³/mol.